The van der Waals surface area contributed by atoms with Crippen molar-refractivity contribution in [2.45, 2.75) is 33.9 Å². The molecule has 0 fully saturated rings. The molecule has 0 aliphatic heterocycles. The maximum Gasteiger partial charge on any atom is 0.112 e. The number of aliphatic hydroxyl groups excluding tert-OH is 2. The lowest BCUT2D eigenvalue weighted by Crippen LogP contribution is -2.32. The third-order valence-electron chi connectivity index (χ3n) is 3.07. The minimum atomic E-state index is 0.0612. The monoisotopic (exact) mass is 294 g/mol. The first-order chi connectivity index (χ1) is 10.2. The first kappa shape index (κ1) is 17.6. The van der Waals surface area contributed by atoms with Crippen LogP contribution in [0.1, 0.15) is 38.6 Å². The quantitative estimate of drug-likeness (QED) is 0.829. The Morgan fingerprint density at radius 3 is 2.52 bits per heavy atom. The average molecular weight is 294 g/mol. The zero-order chi connectivity index (χ0) is 15.7. The summed E-state index contributed by atoms with van der Waals surface area (Å²) in [6.45, 7) is 7.73. The smallest absolute Gasteiger partial charge is 0.112 e. The lowest BCUT2D eigenvalue weighted by molar-refractivity contribution is 0.128. The van der Waals surface area contributed by atoms with Gasteiger partial charge >= 0.3 is 0 Å². The molecular formula is C15H26N4O2. The molecule has 1 aliphatic carbocycles. The number of hydrogen-bond donors (Lipinski definition) is 2. The zero-order valence-corrected chi connectivity index (χ0v) is 13.2. The summed E-state index contributed by atoms with van der Waals surface area (Å²) < 4.78 is 1.81. The van der Waals surface area contributed by atoms with Gasteiger partial charge in [-0.1, -0.05) is 30.7 Å². The average Bonchev–Trinajstić information content (AvgIpc) is 2.74. The highest BCUT2D eigenvalue weighted by Crippen LogP contribution is 2.19. The number of fused-ring (bicyclic) bond motifs is 1. The fraction of sp³-hybridized carbons (Fsp3) is 0.600. The van der Waals surface area contributed by atoms with Crippen LogP contribution in [0, 0.1) is 0 Å². The molecule has 1 heterocycles. The molecule has 2 rings (SSSR count). The Balaban J connectivity index is 0.00000106. The topological polar surface area (TPSA) is 74.4 Å². The van der Waals surface area contributed by atoms with E-state index in [1.807, 2.05) is 24.8 Å². The van der Waals surface area contributed by atoms with Gasteiger partial charge in [0.25, 0.3) is 0 Å². The van der Waals surface area contributed by atoms with E-state index in [9.17, 15) is 0 Å². The summed E-state index contributed by atoms with van der Waals surface area (Å²) in [5.74, 6) is 0. The molecule has 6 nitrogen and oxygen atoms in total. The van der Waals surface area contributed by atoms with Gasteiger partial charge in [0.15, 0.2) is 0 Å². The first-order valence-electron chi connectivity index (χ1n) is 7.46. The van der Waals surface area contributed by atoms with E-state index in [2.05, 4.69) is 29.4 Å². The van der Waals surface area contributed by atoms with Gasteiger partial charge in [0, 0.05) is 13.1 Å². The maximum absolute atomic E-state index is 9.03. The van der Waals surface area contributed by atoms with Crippen LogP contribution < -0.4 is 0 Å². The Bertz CT molecular complexity index is 474. The van der Waals surface area contributed by atoms with Crippen molar-refractivity contribution < 1.29 is 10.2 Å². The molecule has 118 valence electrons. The van der Waals surface area contributed by atoms with Crippen molar-refractivity contribution in [3.63, 3.8) is 0 Å². The van der Waals surface area contributed by atoms with Gasteiger partial charge in [0.2, 0.25) is 0 Å². The minimum absolute atomic E-state index is 0.0612. The summed E-state index contributed by atoms with van der Waals surface area (Å²) in [4.78, 5) is 1.94. The third kappa shape index (κ3) is 5.08. The highest BCUT2D eigenvalue weighted by atomic mass is 16.3. The summed E-state index contributed by atoms with van der Waals surface area (Å²) in [6, 6.07) is 0. The fourth-order valence-electron chi connectivity index (χ4n) is 2.08. The van der Waals surface area contributed by atoms with Crippen molar-refractivity contribution in [3.8, 4) is 0 Å². The summed E-state index contributed by atoms with van der Waals surface area (Å²) in [7, 11) is 0. The third-order valence-corrected chi connectivity index (χ3v) is 3.07. The lowest BCUT2D eigenvalue weighted by atomic mass is 10.2. The van der Waals surface area contributed by atoms with E-state index in [0.717, 1.165) is 17.8 Å². The van der Waals surface area contributed by atoms with Gasteiger partial charge < -0.3 is 10.2 Å². The number of hydrogen-bond acceptors (Lipinski definition) is 5. The minimum Gasteiger partial charge on any atom is -0.395 e. The summed E-state index contributed by atoms with van der Waals surface area (Å²) in [5, 5.41) is 26.3. The van der Waals surface area contributed by atoms with Crippen LogP contribution in [0.5, 0.6) is 0 Å². The van der Waals surface area contributed by atoms with Crippen molar-refractivity contribution in [3.05, 3.63) is 23.0 Å². The second-order valence-corrected chi connectivity index (χ2v) is 4.66. The van der Waals surface area contributed by atoms with E-state index in [1.54, 1.807) is 4.68 Å². The standard InChI is InChI=1S/C13H20N4O2.C2H6/c1-11-3-2-4-12-13(9-11)17(15-14-12)10-16(5-7-18)6-8-19;1-2/h2,4,9,18-19H,3,5-8,10H2,1H3;1-2H3. The number of rotatable bonds is 6. The Kier molecular flexibility index (Phi) is 7.89. The van der Waals surface area contributed by atoms with Gasteiger partial charge in [-0.25, -0.2) is 4.68 Å². The van der Waals surface area contributed by atoms with Crippen LogP contribution in [0.2, 0.25) is 0 Å². The van der Waals surface area contributed by atoms with Crippen LogP contribution in [-0.4, -0.2) is 56.4 Å². The molecule has 1 aliphatic rings. The predicted molar refractivity (Wildman–Crippen MR) is 84.4 cm³/mol. The van der Waals surface area contributed by atoms with Crippen LogP contribution in [0.15, 0.2) is 11.6 Å². The molecule has 0 unspecified atom stereocenters. The molecule has 0 radical (unpaired) electrons. The number of aromatic nitrogens is 3. The SMILES string of the molecule is CC.CC1=Cc2c(nnn2CN(CCO)CCO)C=CC1. The molecule has 21 heavy (non-hydrogen) atoms. The highest BCUT2D eigenvalue weighted by Gasteiger charge is 2.13. The van der Waals surface area contributed by atoms with Crippen molar-refractivity contribution in [1.29, 1.82) is 0 Å². The van der Waals surface area contributed by atoms with Gasteiger partial charge in [-0.3, -0.25) is 4.90 Å². The second kappa shape index (κ2) is 9.44. The number of aliphatic hydroxyl groups is 2. The molecule has 2 N–H and O–H groups in total. The van der Waals surface area contributed by atoms with E-state index >= 15 is 0 Å². The number of allylic oxidation sites excluding steroid dienone is 2. The molecule has 1 aromatic heterocycles. The predicted octanol–water partition coefficient (Wildman–Crippen LogP) is 1.37. The van der Waals surface area contributed by atoms with E-state index in [0.29, 0.717) is 19.8 Å². The zero-order valence-electron chi connectivity index (χ0n) is 13.2. The Labute approximate surface area is 126 Å². The van der Waals surface area contributed by atoms with Crippen LogP contribution in [0.3, 0.4) is 0 Å². The van der Waals surface area contributed by atoms with Gasteiger partial charge in [-0.2, -0.15) is 0 Å². The van der Waals surface area contributed by atoms with E-state index in [1.165, 1.54) is 5.57 Å². The Morgan fingerprint density at radius 1 is 1.24 bits per heavy atom. The largest absolute Gasteiger partial charge is 0.395 e. The van der Waals surface area contributed by atoms with Crippen LogP contribution in [0.4, 0.5) is 0 Å². The molecule has 0 bridgehead atoms. The molecule has 0 saturated carbocycles. The van der Waals surface area contributed by atoms with Crippen LogP contribution >= 0.6 is 0 Å². The van der Waals surface area contributed by atoms with Crippen molar-refractivity contribution in [2.75, 3.05) is 26.3 Å². The second-order valence-electron chi connectivity index (χ2n) is 4.66. The Morgan fingerprint density at radius 2 is 1.90 bits per heavy atom. The number of nitrogens with zero attached hydrogens (tertiary/aromatic N) is 4. The molecule has 6 heteroatoms. The molecule has 0 amide bonds. The van der Waals surface area contributed by atoms with Crippen molar-refractivity contribution in [2.24, 2.45) is 0 Å². The molecular weight excluding hydrogens is 268 g/mol. The van der Waals surface area contributed by atoms with E-state index in [-0.39, 0.29) is 13.2 Å². The molecule has 0 saturated heterocycles. The van der Waals surface area contributed by atoms with Gasteiger partial charge in [-0.15, -0.1) is 5.10 Å². The van der Waals surface area contributed by atoms with Crippen molar-refractivity contribution >= 4 is 12.2 Å². The highest BCUT2D eigenvalue weighted by molar-refractivity contribution is 5.63. The molecule has 0 atom stereocenters. The van der Waals surface area contributed by atoms with Gasteiger partial charge in [0.1, 0.15) is 5.69 Å². The fourth-order valence-corrected chi connectivity index (χ4v) is 2.08. The van der Waals surface area contributed by atoms with Gasteiger partial charge in [-0.05, 0) is 25.5 Å². The lowest BCUT2D eigenvalue weighted by Gasteiger charge is -2.20. The normalized spacial score (nSPS) is 13.3. The molecule has 0 aromatic carbocycles. The molecule has 1 aromatic rings. The summed E-state index contributed by atoms with van der Waals surface area (Å²) in [5.41, 5.74) is 3.10. The summed E-state index contributed by atoms with van der Waals surface area (Å²) >= 11 is 0. The molecule has 0 spiro atoms. The first-order valence-corrected chi connectivity index (χ1v) is 7.46. The van der Waals surface area contributed by atoms with Crippen LogP contribution in [0.25, 0.3) is 12.2 Å². The summed E-state index contributed by atoms with van der Waals surface area (Å²) in [6.07, 6.45) is 7.07. The van der Waals surface area contributed by atoms with Crippen molar-refractivity contribution in [1.82, 2.24) is 19.9 Å². The van der Waals surface area contributed by atoms with E-state index in [4.69, 9.17) is 10.2 Å². The van der Waals surface area contributed by atoms with Gasteiger partial charge in [0.05, 0.1) is 25.6 Å². The maximum atomic E-state index is 9.03. The Hall–Kier alpha value is -1.50. The van der Waals surface area contributed by atoms with E-state index < -0.39 is 0 Å². The van der Waals surface area contributed by atoms with Crippen LogP contribution in [-0.2, 0) is 6.67 Å².